The lowest BCUT2D eigenvalue weighted by atomic mass is 10.2. The molecule has 0 radical (unpaired) electrons. The Bertz CT molecular complexity index is 590. The first-order valence-corrected chi connectivity index (χ1v) is 8.17. The minimum absolute atomic E-state index is 0.798. The van der Waals surface area contributed by atoms with Crippen molar-refractivity contribution in [3.63, 3.8) is 0 Å². The van der Waals surface area contributed by atoms with Crippen LogP contribution in [-0.4, -0.2) is 7.11 Å². The number of ether oxygens (including phenoxy) is 1. The van der Waals surface area contributed by atoms with E-state index in [2.05, 4.69) is 31.9 Å². The van der Waals surface area contributed by atoms with Gasteiger partial charge < -0.3 is 10.5 Å². The number of nitrogens with two attached hydrogens (primary N) is 1. The van der Waals surface area contributed by atoms with Crippen LogP contribution in [0.1, 0.15) is 5.56 Å². The highest BCUT2D eigenvalue weighted by Gasteiger charge is 2.06. The van der Waals surface area contributed by atoms with Crippen LogP contribution in [0.25, 0.3) is 0 Å². The van der Waals surface area contributed by atoms with Crippen LogP contribution in [-0.2, 0) is 5.75 Å². The van der Waals surface area contributed by atoms with E-state index in [4.69, 9.17) is 10.5 Å². The summed E-state index contributed by atoms with van der Waals surface area (Å²) in [5, 5.41) is 0. The first-order valence-electron chi connectivity index (χ1n) is 5.60. The van der Waals surface area contributed by atoms with Gasteiger partial charge in [0.05, 0.1) is 7.11 Å². The molecule has 0 spiro atoms. The van der Waals surface area contributed by atoms with Crippen molar-refractivity contribution in [2.75, 3.05) is 12.8 Å². The zero-order valence-corrected chi connectivity index (χ0v) is 14.3. The number of hydrogen-bond donors (Lipinski definition) is 1. The molecule has 0 aliphatic heterocycles. The lowest BCUT2D eigenvalue weighted by Crippen LogP contribution is -1.90. The normalized spacial score (nSPS) is 10.5. The zero-order chi connectivity index (χ0) is 13.8. The second kappa shape index (κ2) is 6.68. The fourth-order valence-corrected chi connectivity index (χ4v) is 3.66. The van der Waals surface area contributed by atoms with Gasteiger partial charge in [-0.05, 0) is 42.0 Å². The standard InChI is InChI=1S/C14H13Br2NOS/c1-18-11-3-4-12(16)9(6-11)8-19-14-7-10(15)2-5-13(14)17/h2-7H,8,17H2,1H3. The Balaban J connectivity index is 2.16. The summed E-state index contributed by atoms with van der Waals surface area (Å²) < 4.78 is 7.36. The molecule has 0 unspecified atom stereocenters. The predicted molar refractivity (Wildman–Crippen MR) is 88.8 cm³/mol. The number of hydrogen-bond acceptors (Lipinski definition) is 3. The molecule has 19 heavy (non-hydrogen) atoms. The third-order valence-corrected chi connectivity index (χ3v) is 5.00. The second-order valence-corrected chi connectivity index (χ2v) is 6.72. The van der Waals surface area contributed by atoms with E-state index in [1.165, 1.54) is 5.56 Å². The lowest BCUT2D eigenvalue weighted by Gasteiger charge is -2.09. The summed E-state index contributed by atoms with van der Waals surface area (Å²) >= 11 is 8.73. The van der Waals surface area contributed by atoms with Crippen LogP contribution >= 0.6 is 43.6 Å². The third-order valence-electron chi connectivity index (χ3n) is 2.61. The topological polar surface area (TPSA) is 35.2 Å². The van der Waals surface area contributed by atoms with Gasteiger partial charge in [-0.3, -0.25) is 0 Å². The van der Waals surface area contributed by atoms with Gasteiger partial charge in [-0.15, -0.1) is 11.8 Å². The van der Waals surface area contributed by atoms with Gasteiger partial charge in [0.2, 0.25) is 0 Å². The third kappa shape index (κ3) is 3.91. The van der Waals surface area contributed by atoms with E-state index in [0.717, 1.165) is 31.0 Å². The number of nitrogen functional groups attached to an aromatic ring is 1. The quantitative estimate of drug-likeness (QED) is 0.571. The maximum atomic E-state index is 5.97. The van der Waals surface area contributed by atoms with Crippen LogP contribution in [0, 0.1) is 0 Å². The van der Waals surface area contributed by atoms with E-state index >= 15 is 0 Å². The Labute approximate surface area is 134 Å². The zero-order valence-electron chi connectivity index (χ0n) is 10.3. The summed E-state index contributed by atoms with van der Waals surface area (Å²) in [5.74, 6) is 1.69. The molecule has 5 heteroatoms. The number of anilines is 1. The van der Waals surface area contributed by atoms with Crippen molar-refractivity contribution in [1.29, 1.82) is 0 Å². The molecular formula is C14H13Br2NOS. The van der Waals surface area contributed by atoms with E-state index in [0.29, 0.717) is 0 Å². The van der Waals surface area contributed by atoms with Crippen LogP contribution in [0.5, 0.6) is 5.75 Å². The molecule has 0 aliphatic rings. The second-order valence-electron chi connectivity index (χ2n) is 3.93. The average molecular weight is 403 g/mol. The van der Waals surface area contributed by atoms with Crippen LogP contribution in [0.3, 0.4) is 0 Å². The highest BCUT2D eigenvalue weighted by Crippen LogP contribution is 2.33. The van der Waals surface area contributed by atoms with E-state index in [1.54, 1.807) is 18.9 Å². The molecule has 0 aliphatic carbocycles. The molecule has 0 heterocycles. The summed E-state index contributed by atoms with van der Waals surface area (Å²) in [4.78, 5) is 1.07. The molecule has 2 N–H and O–H groups in total. The monoisotopic (exact) mass is 401 g/mol. The van der Waals surface area contributed by atoms with Crippen LogP contribution in [0.4, 0.5) is 5.69 Å². The number of methoxy groups -OCH3 is 1. The molecule has 0 bridgehead atoms. The van der Waals surface area contributed by atoms with Crippen molar-refractivity contribution < 1.29 is 4.74 Å². The van der Waals surface area contributed by atoms with E-state index in [-0.39, 0.29) is 0 Å². The molecule has 0 fully saturated rings. The Morgan fingerprint density at radius 3 is 2.68 bits per heavy atom. The average Bonchev–Trinajstić information content (AvgIpc) is 2.41. The first-order chi connectivity index (χ1) is 9.10. The van der Waals surface area contributed by atoms with Gasteiger partial charge in [0.15, 0.2) is 0 Å². The van der Waals surface area contributed by atoms with Crippen LogP contribution in [0.15, 0.2) is 50.2 Å². The molecular weight excluding hydrogens is 390 g/mol. The Morgan fingerprint density at radius 2 is 1.95 bits per heavy atom. The predicted octanol–water partition coefficient (Wildman–Crippen LogP) is 5.09. The van der Waals surface area contributed by atoms with E-state index in [9.17, 15) is 0 Å². The summed E-state index contributed by atoms with van der Waals surface area (Å²) in [6.45, 7) is 0. The summed E-state index contributed by atoms with van der Waals surface area (Å²) in [7, 11) is 1.67. The van der Waals surface area contributed by atoms with Crippen molar-refractivity contribution >= 4 is 49.3 Å². The Hall–Kier alpha value is -0.650. The number of halogens is 2. The molecule has 0 aromatic heterocycles. The van der Waals surface area contributed by atoms with Crippen molar-refractivity contribution in [3.05, 3.63) is 50.9 Å². The number of benzene rings is 2. The highest BCUT2D eigenvalue weighted by atomic mass is 79.9. The molecule has 2 aromatic carbocycles. The van der Waals surface area contributed by atoms with Gasteiger partial charge in [-0.2, -0.15) is 0 Å². The molecule has 0 amide bonds. The maximum absolute atomic E-state index is 5.97. The Morgan fingerprint density at radius 1 is 1.16 bits per heavy atom. The molecule has 100 valence electrons. The molecule has 2 rings (SSSR count). The van der Waals surface area contributed by atoms with Crippen LogP contribution in [0.2, 0.25) is 0 Å². The Kier molecular flexibility index (Phi) is 5.19. The molecule has 0 atom stereocenters. The van der Waals surface area contributed by atoms with E-state index in [1.807, 2.05) is 36.4 Å². The van der Waals surface area contributed by atoms with E-state index < -0.39 is 0 Å². The molecule has 2 nitrogen and oxygen atoms in total. The number of thioether (sulfide) groups is 1. The number of rotatable bonds is 4. The summed E-state index contributed by atoms with van der Waals surface area (Å²) in [5.41, 5.74) is 7.95. The van der Waals surface area contributed by atoms with Gasteiger partial charge in [0.25, 0.3) is 0 Å². The van der Waals surface area contributed by atoms with Crippen molar-refractivity contribution in [2.24, 2.45) is 0 Å². The van der Waals surface area contributed by atoms with Gasteiger partial charge >= 0.3 is 0 Å². The lowest BCUT2D eigenvalue weighted by molar-refractivity contribution is 0.414. The first kappa shape index (κ1) is 14.8. The SMILES string of the molecule is COc1ccc(Br)c(CSc2cc(Br)ccc2N)c1. The molecule has 2 aromatic rings. The van der Waals surface area contributed by atoms with Gasteiger partial charge in [-0.25, -0.2) is 0 Å². The van der Waals surface area contributed by atoms with Gasteiger partial charge in [0.1, 0.15) is 5.75 Å². The molecule has 0 saturated heterocycles. The smallest absolute Gasteiger partial charge is 0.119 e. The summed E-state index contributed by atoms with van der Waals surface area (Å²) in [6.07, 6.45) is 0. The summed E-state index contributed by atoms with van der Waals surface area (Å²) in [6, 6.07) is 11.9. The minimum atomic E-state index is 0.798. The van der Waals surface area contributed by atoms with Crippen molar-refractivity contribution in [1.82, 2.24) is 0 Å². The van der Waals surface area contributed by atoms with Crippen molar-refractivity contribution in [2.45, 2.75) is 10.6 Å². The maximum Gasteiger partial charge on any atom is 0.119 e. The van der Waals surface area contributed by atoms with Crippen molar-refractivity contribution in [3.8, 4) is 5.75 Å². The fraction of sp³-hybridized carbons (Fsp3) is 0.143. The van der Waals surface area contributed by atoms with Gasteiger partial charge in [-0.1, -0.05) is 31.9 Å². The van der Waals surface area contributed by atoms with Gasteiger partial charge in [0, 0.05) is 25.3 Å². The largest absolute Gasteiger partial charge is 0.497 e. The highest BCUT2D eigenvalue weighted by molar-refractivity contribution is 9.10. The minimum Gasteiger partial charge on any atom is -0.497 e. The molecule has 0 saturated carbocycles. The fourth-order valence-electron chi connectivity index (χ4n) is 1.58. The van der Waals surface area contributed by atoms with Crippen LogP contribution < -0.4 is 10.5 Å².